The molecule has 2 rings (SSSR count). The predicted octanol–water partition coefficient (Wildman–Crippen LogP) is 5.52. The van der Waals surface area contributed by atoms with Gasteiger partial charge in [-0.25, -0.2) is 4.79 Å². The lowest BCUT2D eigenvalue weighted by Gasteiger charge is -2.36. The van der Waals surface area contributed by atoms with Crippen molar-refractivity contribution in [1.29, 1.82) is 0 Å². The topological polar surface area (TPSA) is 48.0 Å². The lowest BCUT2D eigenvalue weighted by molar-refractivity contribution is 0.0600. The van der Waals surface area contributed by atoms with Crippen LogP contribution in [0.3, 0.4) is 0 Å². The lowest BCUT2D eigenvalue weighted by atomic mass is 9.68. The van der Waals surface area contributed by atoms with Crippen LogP contribution >= 0.6 is 0 Å². The molecule has 1 unspecified atom stereocenters. The van der Waals surface area contributed by atoms with Crippen molar-refractivity contribution in [3.8, 4) is 11.5 Å². The first-order valence-electron chi connectivity index (χ1n) is 11.5. The van der Waals surface area contributed by atoms with Gasteiger partial charge in [-0.15, -0.1) is 6.58 Å². The molecule has 2 aromatic rings. The van der Waals surface area contributed by atoms with E-state index in [2.05, 4.69) is 50.6 Å². The summed E-state index contributed by atoms with van der Waals surface area (Å²) in [6.07, 6.45) is 4.97. The first-order valence-corrected chi connectivity index (χ1v) is 11.5. The molecule has 0 amide bonds. The number of benzene rings is 2. The number of carbonyl (C=O) groups is 1. The van der Waals surface area contributed by atoms with Crippen molar-refractivity contribution in [2.75, 3.05) is 41.5 Å². The number of methoxy groups -OCH3 is 3. The van der Waals surface area contributed by atoms with Crippen LogP contribution < -0.4 is 9.47 Å². The lowest BCUT2D eigenvalue weighted by Crippen LogP contribution is -2.32. The van der Waals surface area contributed by atoms with Crippen LogP contribution in [0.2, 0.25) is 0 Å². The fourth-order valence-corrected chi connectivity index (χ4v) is 4.38. The van der Waals surface area contributed by atoms with Crippen LogP contribution in [0.25, 0.3) is 0 Å². The largest absolute Gasteiger partial charge is 0.493 e. The third-order valence-corrected chi connectivity index (χ3v) is 6.58. The number of likely N-dealkylation sites (N-methyl/N-ethyl adjacent to an activating group) is 1. The summed E-state index contributed by atoms with van der Waals surface area (Å²) in [6.45, 7) is 10.5. The molecule has 0 saturated carbocycles. The molecule has 0 aliphatic carbocycles. The molecule has 2 aromatic carbocycles. The van der Waals surface area contributed by atoms with Crippen molar-refractivity contribution < 1.29 is 19.0 Å². The zero-order valence-electron chi connectivity index (χ0n) is 21.0. The first kappa shape index (κ1) is 26.5. The average Bonchev–Trinajstić information content (AvgIpc) is 2.84. The number of hydrogen-bond donors (Lipinski definition) is 0. The summed E-state index contributed by atoms with van der Waals surface area (Å²) < 4.78 is 15.7. The Hall–Kier alpha value is -2.79. The molecule has 0 saturated heterocycles. The minimum atomic E-state index is -0.312. The Labute approximate surface area is 199 Å². The number of hydrogen-bond acceptors (Lipinski definition) is 5. The number of allylic oxidation sites excluding steroid dienone is 1. The zero-order chi connectivity index (χ0) is 24.4. The normalized spacial score (nSPS) is 13.0. The number of rotatable bonds is 13. The van der Waals surface area contributed by atoms with Crippen molar-refractivity contribution in [1.82, 2.24) is 4.90 Å². The van der Waals surface area contributed by atoms with Crippen molar-refractivity contribution >= 4 is 5.97 Å². The summed E-state index contributed by atoms with van der Waals surface area (Å²) in [7, 11) is 6.88. The minimum Gasteiger partial charge on any atom is -0.493 e. The van der Waals surface area contributed by atoms with Gasteiger partial charge in [0.05, 0.1) is 26.9 Å². The van der Waals surface area contributed by atoms with Crippen LogP contribution in [-0.2, 0) is 16.6 Å². The van der Waals surface area contributed by atoms with E-state index in [4.69, 9.17) is 14.2 Å². The molecule has 0 aliphatic rings. The van der Waals surface area contributed by atoms with Crippen molar-refractivity contribution in [2.24, 2.45) is 5.92 Å². The van der Waals surface area contributed by atoms with E-state index in [-0.39, 0.29) is 11.4 Å². The third-order valence-electron chi connectivity index (χ3n) is 6.58. The van der Waals surface area contributed by atoms with E-state index in [1.165, 1.54) is 12.7 Å². The quantitative estimate of drug-likeness (QED) is 0.295. The molecule has 0 heterocycles. The van der Waals surface area contributed by atoms with Crippen LogP contribution in [-0.4, -0.2) is 52.3 Å². The second kappa shape index (κ2) is 12.4. The smallest absolute Gasteiger partial charge is 0.337 e. The standard InChI is InChI=1S/C28H39NO4/c1-8-28(21(2)3,24-12-9-11-23(20-24)27(30)33-7)16-10-17-29(4)18-15-22-13-14-25(31-5)26(19-22)32-6/h8-9,11-14,19-21H,1,10,15-18H2,2-7H3. The van der Waals surface area contributed by atoms with Gasteiger partial charge >= 0.3 is 5.97 Å². The van der Waals surface area contributed by atoms with E-state index in [0.29, 0.717) is 11.5 Å². The predicted molar refractivity (Wildman–Crippen MR) is 134 cm³/mol. The molecule has 180 valence electrons. The molecule has 0 spiro atoms. The second-order valence-corrected chi connectivity index (χ2v) is 8.82. The van der Waals surface area contributed by atoms with E-state index >= 15 is 0 Å². The maximum Gasteiger partial charge on any atom is 0.337 e. The van der Waals surface area contributed by atoms with Gasteiger partial charge in [0.1, 0.15) is 0 Å². The van der Waals surface area contributed by atoms with Gasteiger partial charge in [-0.1, -0.05) is 38.1 Å². The minimum absolute atomic E-state index is 0.200. The number of ether oxygens (including phenoxy) is 3. The van der Waals surface area contributed by atoms with E-state index in [1.807, 2.05) is 24.3 Å². The van der Waals surface area contributed by atoms with Gasteiger partial charge < -0.3 is 19.1 Å². The van der Waals surface area contributed by atoms with Gasteiger partial charge in [0, 0.05) is 12.0 Å². The molecule has 0 fully saturated rings. The Bertz CT molecular complexity index is 924. The summed E-state index contributed by atoms with van der Waals surface area (Å²) in [5, 5.41) is 0. The molecule has 0 bridgehead atoms. The van der Waals surface area contributed by atoms with Crippen LogP contribution in [0.1, 0.15) is 48.2 Å². The zero-order valence-corrected chi connectivity index (χ0v) is 21.0. The van der Waals surface area contributed by atoms with Crippen molar-refractivity contribution in [3.63, 3.8) is 0 Å². The highest BCUT2D eigenvalue weighted by molar-refractivity contribution is 5.89. The fourth-order valence-electron chi connectivity index (χ4n) is 4.38. The van der Waals surface area contributed by atoms with Gasteiger partial charge in [0.25, 0.3) is 0 Å². The van der Waals surface area contributed by atoms with Gasteiger partial charge in [0.15, 0.2) is 11.5 Å². The van der Waals surface area contributed by atoms with Crippen molar-refractivity contribution in [3.05, 3.63) is 71.8 Å². The molecule has 1 atom stereocenters. The van der Waals surface area contributed by atoms with Crippen LogP contribution in [0.5, 0.6) is 11.5 Å². The summed E-state index contributed by atoms with van der Waals surface area (Å²) in [4.78, 5) is 14.4. The molecule has 5 heteroatoms. The van der Waals surface area contributed by atoms with E-state index < -0.39 is 0 Å². The first-order chi connectivity index (χ1) is 15.8. The van der Waals surface area contributed by atoms with Crippen LogP contribution in [0.4, 0.5) is 0 Å². The SMILES string of the molecule is C=CC(CCCN(C)CCc1ccc(OC)c(OC)c1)(c1cccc(C(=O)OC)c1)C(C)C. The Kier molecular flexibility index (Phi) is 9.98. The van der Waals surface area contributed by atoms with E-state index in [9.17, 15) is 4.79 Å². The highest BCUT2D eigenvalue weighted by Crippen LogP contribution is 2.38. The maximum absolute atomic E-state index is 12.0. The Morgan fingerprint density at radius 1 is 1.06 bits per heavy atom. The average molecular weight is 454 g/mol. The Balaban J connectivity index is 2.02. The fraction of sp³-hybridized carbons (Fsp3) is 0.464. The van der Waals surface area contributed by atoms with Crippen LogP contribution in [0.15, 0.2) is 55.1 Å². The molecule has 0 radical (unpaired) electrons. The summed E-state index contributed by atoms with van der Waals surface area (Å²) in [5.41, 5.74) is 2.72. The number of carbonyl (C=O) groups excluding carboxylic acids is 1. The molecule has 0 N–H and O–H groups in total. The number of esters is 1. The summed E-state index contributed by atoms with van der Waals surface area (Å²) >= 11 is 0. The van der Waals surface area contributed by atoms with Crippen molar-refractivity contribution in [2.45, 2.75) is 38.5 Å². The second-order valence-electron chi connectivity index (χ2n) is 8.82. The highest BCUT2D eigenvalue weighted by Gasteiger charge is 2.32. The van der Waals surface area contributed by atoms with Gasteiger partial charge in [-0.3, -0.25) is 0 Å². The third kappa shape index (κ3) is 6.61. The Morgan fingerprint density at radius 2 is 1.79 bits per heavy atom. The molecule has 0 aliphatic heterocycles. The summed E-state index contributed by atoms with van der Waals surface area (Å²) in [5.74, 6) is 1.55. The van der Waals surface area contributed by atoms with Gasteiger partial charge in [0.2, 0.25) is 0 Å². The molecule has 33 heavy (non-hydrogen) atoms. The maximum atomic E-state index is 12.0. The summed E-state index contributed by atoms with van der Waals surface area (Å²) in [6, 6.07) is 13.9. The molecule has 5 nitrogen and oxygen atoms in total. The van der Waals surface area contributed by atoms with Gasteiger partial charge in [-0.2, -0.15) is 0 Å². The molecular weight excluding hydrogens is 414 g/mol. The molecule has 0 aromatic heterocycles. The monoisotopic (exact) mass is 453 g/mol. The van der Waals surface area contributed by atoms with E-state index in [0.717, 1.165) is 49.4 Å². The van der Waals surface area contributed by atoms with Gasteiger partial charge in [-0.05, 0) is 74.2 Å². The highest BCUT2D eigenvalue weighted by atomic mass is 16.5. The Morgan fingerprint density at radius 3 is 2.39 bits per heavy atom. The van der Waals surface area contributed by atoms with E-state index in [1.54, 1.807) is 20.3 Å². The molecular formula is C28H39NO4. The number of nitrogens with zero attached hydrogens (tertiary/aromatic N) is 1. The van der Waals surface area contributed by atoms with Crippen LogP contribution in [0, 0.1) is 5.92 Å².